The quantitative estimate of drug-likeness (QED) is 0.520. The summed E-state index contributed by atoms with van der Waals surface area (Å²) in [5.41, 5.74) is 1.60. The molecule has 1 aliphatic carbocycles. The molecule has 1 nitrogen and oxygen atoms in total. The van der Waals surface area contributed by atoms with Crippen molar-refractivity contribution < 1.29 is 4.48 Å². The molecule has 0 aromatic rings. The lowest BCUT2D eigenvalue weighted by Gasteiger charge is -2.46. The largest absolute Gasteiger partial charge is 0.320 e. The number of allylic oxidation sites excluding steroid dienone is 2. The van der Waals surface area contributed by atoms with Gasteiger partial charge in [0, 0.05) is 5.92 Å². The first-order valence-corrected chi connectivity index (χ1v) is 8.19. The average molecular weight is 262 g/mol. The van der Waals surface area contributed by atoms with Gasteiger partial charge in [0.15, 0.2) is 0 Å². The summed E-state index contributed by atoms with van der Waals surface area (Å²) in [6.07, 6.45) is 10.3. The Morgan fingerprint density at radius 2 is 1.95 bits per heavy atom. The molecule has 3 atom stereocenters. The highest BCUT2D eigenvalue weighted by Crippen LogP contribution is 2.36. The zero-order valence-electron chi connectivity index (χ0n) is 13.2. The molecule has 2 rings (SSSR count). The number of rotatable bonds is 4. The van der Waals surface area contributed by atoms with Gasteiger partial charge in [-0.3, -0.25) is 0 Å². The van der Waals surface area contributed by atoms with E-state index in [0.717, 1.165) is 17.8 Å². The third-order valence-electron chi connectivity index (χ3n) is 5.48. The molecule has 1 saturated heterocycles. The van der Waals surface area contributed by atoms with Gasteiger partial charge in [0.1, 0.15) is 0 Å². The standard InChI is InChI=1S/C18H32N/c1-5-9-19(10-7-6-8-11-19)14-18-16(3)12-15(2)13-17(18)4/h5,12,16-18H,1,6-11,13-14H2,2-4H3/q+1/t16-,17-,18-/m1/s1. The van der Waals surface area contributed by atoms with Gasteiger partial charge < -0.3 is 4.48 Å². The third kappa shape index (κ3) is 3.51. The fourth-order valence-electron chi connectivity index (χ4n) is 4.51. The molecule has 0 bridgehead atoms. The highest BCUT2D eigenvalue weighted by atomic mass is 15.4. The highest BCUT2D eigenvalue weighted by Gasteiger charge is 2.37. The van der Waals surface area contributed by atoms with Gasteiger partial charge in [-0.25, -0.2) is 0 Å². The van der Waals surface area contributed by atoms with Crippen molar-refractivity contribution in [1.29, 1.82) is 0 Å². The Labute approximate surface area is 120 Å². The molecule has 1 heteroatoms. The van der Waals surface area contributed by atoms with E-state index in [4.69, 9.17) is 0 Å². The van der Waals surface area contributed by atoms with Crippen molar-refractivity contribution in [3.8, 4) is 0 Å². The van der Waals surface area contributed by atoms with Crippen LogP contribution in [-0.4, -0.2) is 30.7 Å². The van der Waals surface area contributed by atoms with Crippen LogP contribution in [0.4, 0.5) is 0 Å². The first-order valence-electron chi connectivity index (χ1n) is 8.19. The van der Waals surface area contributed by atoms with Crippen LogP contribution in [-0.2, 0) is 0 Å². The van der Waals surface area contributed by atoms with Crippen LogP contribution in [0.3, 0.4) is 0 Å². The number of hydrogen-bond donors (Lipinski definition) is 0. The number of nitrogens with zero attached hydrogens (tertiary/aromatic N) is 1. The van der Waals surface area contributed by atoms with Gasteiger partial charge in [0.25, 0.3) is 0 Å². The summed E-state index contributed by atoms with van der Waals surface area (Å²) in [6, 6.07) is 0. The minimum atomic E-state index is 0.755. The maximum absolute atomic E-state index is 4.02. The zero-order valence-corrected chi connectivity index (χ0v) is 13.2. The molecule has 2 aliphatic rings. The van der Waals surface area contributed by atoms with E-state index in [9.17, 15) is 0 Å². The predicted molar refractivity (Wildman–Crippen MR) is 84.0 cm³/mol. The maximum Gasteiger partial charge on any atom is 0.0971 e. The minimum Gasteiger partial charge on any atom is -0.320 e. The minimum absolute atomic E-state index is 0.755. The van der Waals surface area contributed by atoms with Crippen molar-refractivity contribution in [1.82, 2.24) is 0 Å². The second-order valence-corrected chi connectivity index (χ2v) is 7.22. The lowest BCUT2D eigenvalue weighted by Crippen LogP contribution is -2.55. The molecule has 1 heterocycles. The van der Waals surface area contributed by atoms with Crippen LogP contribution in [0, 0.1) is 17.8 Å². The Kier molecular flexibility index (Phi) is 4.89. The summed E-state index contributed by atoms with van der Waals surface area (Å²) >= 11 is 0. The highest BCUT2D eigenvalue weighted by molar-refractivity contribution is 5.08. The fourth-order valence-corrected chi connectivity index (χ4v) is 4.51. The molecular formula is C18H32N+. The molecule has 19 heavy (non-hydrogen) atoms. The Morgan fingerprint density at radius 1 is 1.26 bits per heavy atom. The van der Waals surface area contributed by atoms with E-state index >= 15 is 0 Å². The molecule has 0 aromatic carbocycles. The molecule has 0 unspecified atom stereocenters. The van der Waals surface area contributed by atoms with Gasteiger partial charge >= 0.3 is 0 Å². The molecule has 108 valence electrons. The molecule has 0 radical (unpaired) electrons. The summed E-state index contributed by atoms with van der Waals surface area (Å²) in [5.74, 6) is 2.47. The van der Waals surface area contributed by atoms with Crippen LogP contribution in [0.25, 0.3) is 0 Å². The second-order valence-electron chi connectivity index (χ2n) is 7.22. The van der Waals surface area contributed by atoms with E-state index in [2.05, 4.69) is 39.5 Å². The van der Waals surface area contributed by atoms with Crippen molar-refractivity contribution in [2.45, 2.75) is 46.5 Å². The molecule has 0 aromatic heterocycles. The van der Waals surface area contributed by atoms with E-state index in [1.807, 2.05) is 0 Å². The molecular weight excluding hydrogens is 230 g/mol. The number of piperidine rings is 1. The summed E-state index contributed by atoms with van der Waals surface area (Å²) in [6.45, 7) is 16.5. The Hall–Kier alpha value is -0.560. The second kappa shape index (κ2) is 6.26. The van der Waals surface area contributed by atoms with Crippen LogP contribution < -0.4 is 0 Å². The summed E-state index contributed by atoms with van der Waals surface area (Å²) in [7, 11) is 0. The van der Waals surface area contributed by atoms with Crippen LogP contribution in [0.1, 0.15) is 46.5 Å². The molecule has 1 fully saturated rings. The smallest absolute Gasteiger partial charge is 0.0971 e. The number of quaternary nitrogens is 1. The molecule has 1 aliphatic heterocycles. The fraction of sp³-hybridized carbons (Fsp3) is 0.778. The van der Waals surface area contributed by atoms with Gasteiger partial charge in [0.2, 0.25) is 0 Å². The molecule has 0 N–H and O–H groups in total. The van der Waals surface area contributed by atoms with Crippen LogP contribution in [0.15, 0.2) is 24.3 Å². The van der Waals surface area contributed by atoms with E-state index in [-0.39, 0.29) is 0 Å². The first-order chi connectivity index (χ1) is 9.06. The van der Waals surface area contributed by atoms with Crippen LogP contribution >= 0.6 is 0 Å². The summed E-state index contributed by atoms with van der Waals surface area (Å²) < 4.78 is 1.32. The predicted octanol–water partition coefficient (Wildman–Crippen LogP) is 4.41. The Morgan fingerprint density at radius 3 is 2.53 bits per heavy atom. The monoisotopic (exact) mass is 262 g/mol. The van der Waals surface area contributed by atoms with E-state index in [1.54, 1.807) is 5.57 Å². The average Bonchev–Trinajstić information content (AvgIpc) is 2.35. The van der Waals surface area contributed by atoms with Gasteiger partial charge in [0.05, 0.1) is 26.2 Å². The van der Waals surface area contributed by atoms with Crippen LogP contribution in [0.5, 0.6) is 0 Å². The van der Waals surface area contributed by atoms with Gasteiger partial charge in [-0.15, -0.1) is 0 Å². The van der Waals surface area contributed by atoms with Gasteiger partial charge in [-0.05, 0) is 50.5 Å². The zero-order chi connectivity index (χ0) is 13.9. The topological polar surface area (TPSA) is 0 Å². The lowest BCUT2D eigenvalue weighted by atomic mass is 9.74. The van der Waals surface area contributed by atoms with E-state index in [1.165, 1.54) is 56.3 Å². The van der Waals surface area contributed by atoms with E-state index in [0.29, 0.717) is 0 Å². The number of hydrogen-bond acceptors (Lipinski definition) is 0. The first kappa shape index (κ1) is 14.8. The lowest BCUT2D eigenvalue weighted by molar-refractivity contribution is -0.931. The number of likely N-dealkylation sites (tertiary alicyclic amines) is 1. The van der Waals surface area contributed by atoms with Gasteiger partial charge in [-0.1, -0.05) is 32.1 Å². The Balaban J connectivity index is 2.10. The van der Waals surface area contributed by atoms with Crippen molar-refractivity contribution in [2.75, 3.05) is 26.2 Å². The van der Waals surface area contributed by atoms with Gasteiger partial charge in [-0.2, -0.15) is 0 Å². The van der Waals surface area contributed by atoms with Crippen molar-refractivity contribution in [3.63, 3.8) is 0 Å². The van der Waals surface area contributed by atoms with E-state index < -0.39 is 0 Å². The summed E-state index contributed by atoms with van der Waals surface area (Å²) in [5, 5.41) is 0. The third-order valence-corrected chi connectivity index (χ3v) is 5.48. The maximum atomic E-state index is 4.02. The Bertz CT molecular complexity index is 336. The normalized spacial score (nSPS) is 34.7. The van der Waals surface area contributed by atoms with Crippen molar-refractivity contribution >= 4 is 0 Å². The van der Waals surface area contributed by atoms with Crippen molar-refractivity contribution in [2.24, 2.45) is 17.8 Å². The van der Waals surface area contributed by atoms with Crippen LogP contribution in [0.2, 0.25) is 0 Å². The molecule has 0 spiro atoms. The summed E-state index contributed by atoms with van der Waals surface area (Å²) in [4.78, 5) is 0. The molecule has 0 amide bonds. The van der Waals surface area contributed by atoms with Crippen molar-refractivity contribution in [3.05, 3.63) is 24.3 Å². The molecule has 0 saturated carbocycles. The SMILES string of the molecule is C=CC[N+]1(C[C@@H]2[C@H](C)C=C(C)C[C@H]2C)CCCCC1.